The molecule has 2 N–H and O–H groups in total. The minimum Gasteiger partial charge on any atom is -0.451 e. The van der Waals surface area contributed by atoms with Crippen LogP contribution >= 0.6 is 11.8 Å². The summed E-state index contributed by atoms with van der Waals surface area (Å²) < 4.78 is 6.08. The lowest BCUT2D eigenvalue weighted by atomic mass is 9.97. The molecule has 2 fully saturated rings. The molecule has 2 aromatic rings. The number of benzene rings is 1. The van der Waals surface area contributed by atoms with Gasteiger partial charge in [0.1, 0.15) is 5.58 Å². The van der Waals surface area contributed by atoms with Gasteiger partial charge in [-0.05, 0) is 44.2 Å². The molecule has 0 bridgehead atoms. The number of carbonyl (C=O) groups is 1. The third-order valence-corrected chi connectivity index (χ3v) is 7.54. The summed E-state index contributed by atoms with van der Waals surface area (Å²) in [6, 6.07) is 8.08. The summed E-state index contributed by atoms with van der Waals surface area (Å²) in [6.07, 6.45) is 8.64. The third kappa shape index (κ3) is 4.19. The van der Waals surface area contributed by atoms with Crippen LogP contribution < -0.4 is 5.73 Å². The predicted molar refractivity (Wildman–Crippen MR) is 112 cm³/mol. The van der Waals surface area contributed by atoms with Crippen molar-refractivity contribution in [3.05, 3.63) is 35.6 Å². The summed E-state index contributed by atoms with van der Waals surface area (Å²) >= 11 is 2.00. The van der Waals surface area contributed by atoms with Crippen molar-refractivity contribution in [2.45, 2.75) is 55.9 Å². The number of thioether (sulfide) groups is 1. The number of rotatable bonds is 5. The zero-order valence-electron chi connectivity index (χ0n) is 16.0. The molecule has 0 radical (unpaired) electrons. The van der Waals surface area contributed by atoms with Gasteiger partial charge in [0.05, 0.1) is 0 Å². The molecule has 4 rings (SSSR count). The van der Waals surface area contributed by atoms with Gasteiger partial charge in [0.25, 0.3) is 5.91 Å². The summed E-state index contributed by atoms with van der Waals surface area (Å²) in [4.78, 5) is 15.2. The van der Waals surface area contributed by atoms with Crippen molar-refractivity contribution < 1.29 is 9.21 Å². The molecule has 2 heterocycles. The Morgan fingerprint density at radius 2 is 1.85 bits per heavy atom. The topological polar surface area (TPSA) is 59.5 Å². The minimum absolute atomic E-state index is 0.0564. The van der Waals surface area contributed by atoms with Gasteiger partial charge in [-0.15, -0.1) is 0 Å². The fourth-order valence-corrected chi connectivity index (χ4v) is 5.72. The van der Waals surface area contributed by atoms with Crippen LogP contribution in [0.4, 0.5) is 0 Å². The number of fused-ring (bicyclic) bond motifs is 1. The SMILES string of the molecule is NCC1CCN(C(=O)c2oc3ccccc3c2CSC2CCCCC2)CC1. The highest BCUT2D eigenvalue weighted by Crippen LogP contribution is 2.35. The summed E-state index contributed by atoms with van der Waals surface area (Å²) in [5, 5.41) is 1.82. The van der Waals surface area contributed by atoms with Crippen LogP contribution in [0.25, 0.3) is 11.0 Å². The molecule has 1 saturated heterocycles. The second-order valence-corrected chi connectivity index (χ2v) is 9.24. The van der Waals surface area contributed by atoms with Crippen LogP contribution in [-0.4, -0.2) is 35.7 Å². The Hall–Kier alpha value is -1.46. The normalized spacial score (nSPS) is 19.7. The van der Waals surface area contributed by atoms with Gasteiger partial charge in [0.15, 0.2) is 5.76 Å². The first-order chi connectivity index (χ1) is 13.3. The lowest BCUT2D eigenvalue weighted by molar-refractivity contribution is 0.0662. The average molecular weight is 387 g/mol. The number of hydrogen-bond acceptors (Lipinski definition) is 4. The van der Waals surface area contributed by atoms with Gasteiger partial charge in [-0.3, -0.25) is 4.79 Å². The van der Waals surface area contributed by atoms with Crippen molar-refractivity contribution in [2.75, 3.05) is 19.6 Å². The van der Waals surface area contributed by atoms with E-state index < -0.39 is 0 Å². The van der Waals surface area contributed by atoms with Crippen LogP contribution in [0.2, 0.25) is 0 Å². The van der Waals surface area contributed by atoms with Crippen LogP contribution in [-0.2, 0) is 5.75 Å². The van der Waals surface area contributed by atoms with Crippen molar-refractivity contribution in [1.29, 1.82) is 0 Å². The number of furan rings is 1. The minimum atomic E-state index is 0.0564. The van der Waals surface area contributed by atoms with E-state index in [9.17, 15) is 4.79 Å². The Morgan fingerprint density at radius 1 is 1.11 bits per heavy atom. The summed E-state index contributed by atoms with van der Waals surface area (Å²) in [5.41, 5.74) is 7.72. The summed E-state index contributed by atoms with van der Waals surface area (Å²) in [5.74, 6) is 2.03. The highest BCUT2D eigenvalue weighted by atomic mass is 32.2. The first-order valence-corrected chi connectivity index (χ1v) is 11.4. The zero-order chi connectivity index (χ0) is 18.6. The van der Waals surface area contributed by atoms with Gasteiger partial charge in [0, 0.05) is 35.0 Å². The Morgan fingerprint density at radius 3 is 2.59 bits per heavy atom. The Labute approximate surface area is 165 Å². The molecular formula is C22H30N2O2S. The summed E-state index contributed by atoms with van der Waals surface area (Å²) in [6.45, 7) is 2.29. The van der Waals surface area contributed by atoms with E-state index in [1.807, 2.05) is 34.9 Å². The maximum atomic E-state index is 13.2. The zero-order valence-corrected chi connectivity index (χ0v) is 16.8. The van der Waals surface area contributed by atoms with Crippen LogP contribution in [0.3, 0.4) is 0 Å². The largest absolute Gasteiger partial charge is 0.451 e. The molecule has 27 heavy (non-hydrogen) atoms. The molecule has 4 nitrogen and oxygen atoms in total. The van der Waals surface area contributed by atoms with E-state index in [0.717, 1.165) is 60.0 Å². The molecule has 1 aliphatic carbocycles. The molecule has 1 saturated carbocycles. The smallest absolute Gasteiger partial charge is 0.289 e. The van der Waals surface area contributed by atoms with E-state index in [1.54, 1.807) is 0 Å². The van der Waals surface area contributed by atoms with Gasteiger partial charge in [-0.1, -0.05) is 37.5 Å². The van der Waals surface area contributed by atoms with Crippen molar-refractivity contribution in [3.63, 3.8) is 0 Å². The molecule has 1 aliphatic heterocycles. The van der Waals surface area contributed by atoms with E-state index >= 15 is 0 Å². The molecule has 5 heteroatoms. The fraction of sp³-hybridized carbons (Fsp3) is 0.591. The van der Waals surface area contributed by atoms with E-state index in [2.05, 4.69) is 6.07 Å². The number of nitrogens with two attached hydrogens (primary N) is 1. The molecule has 146 valence electrons. The summed E-state index contributed by atoms with van der Waals surface area (Å²) in [7, 11) is 0. The Bertz CT molecular complexity index is 774. The standard InChI is InChI=1S/C22H30N2O2S/c23-14-16-10-12-24(13-11-16)22(25)21-19(15-27-17-6-2-1-3-7-17)18-8-4-5-9-20(18)26-21/h4-5,8-9,16-17H,1-3,6-7,10-15,23H2. The molecule has 0 atom stereocenters. The molecule has 0 unspecified atom stereocenters. The van der Waals surface area contributed by atoms with Crippen LogP contribution in [0.15, 0.2) is 28.7 Å². The molecule has 2 aliphatic rings. The molecule has 1 amide bonds. The number of likely N-dealkylation sites (tertiary alicyclic amines) is 1. The van der Waals surface area contributed by atoms with Gasteiger partial charge in [-0.2, -0.15) is 11.8 Å². The third-order valence-electron chi connectivity index (χ3n) is 6.14. The Balaban J connectivity index is 1.55. The number of carbonyl (C=O) groups excluding carboxylic acids is 1. The second kappa shape index (κ2) is 8.70. The Kier molecular flexibility index (Phi) is 6.08. The molecule has 0 spiro atoms. The number of amides is 1. The van der Waals surface area contributed by atoms with Gasteiger partial charge in [-0.25, -0.2) is 0 Å². The number of hydrogen-bond donors (Lipinski definition) is 1. The van der Waals surface area contributed by atoms with Crippen molar-refractivity contribution in [3.8, 4) is 0 Å². The average Bonchev–Trinajstić information content (AvgIpc) is 3.11. The predicted octanol–water partition coefficient (Wildman–Crippen LogP) is 4.81. The van der Waals surface area contributed by atoms with Crippen LogP contribution in [0.5, 0.6) is 0 Å². The van der Waals surface area contributed by atoms with E-state index in [-0.39, 0.29) is 5.91 Å². The van der Waals surface area contributed by atoms with Gasteiger partial charge < -0.3 is 15.1 Å². The van der Waals surface area contributed by atoms with E-state index in [0.29, 0.717) is 11.7 Å². The number of para-hydroxylation sites is 1. The van der Waals surface area contributed by atoms with Gasteiger partial charge >= 0.3 is 0 Å². The fourth-order valence-electron chi connectivity index (χ4n) is 4.36. The second-order valence-electron chi connectivity index (χ2n) is 7.95. The number of piperidine rings is 1. The van der Waals surface area contributed by atoms with Gasteiger partial charge in [0.2, 0.25) is 0 Å². The quantitative estimate of drug-likeness (QED) is 0.801. The number of nitrogens with zero attached hydrogens (tertiary/aromatic N) is 1. The van der Waals surface area contributed by atoms with Crippen molar-refractivity contribution in [1.82, 2.24) is 4.90 Å². The lowest BCUT2D eigenvalue weighted by Crippen LogP contribution is -2.40. The first-order valence-electron chi connectivity index (χ1n) is 10.4. The maximum Gasteiger partial charge on any atom is 0.289 e. The molecule has 1 aromatic carbocycles. The van der Waals surface area contributed by atoms with Crippen molar-refractivity contribution in [2.24, 2.45) is 11.7 Å². The lowest BCUT2D eigenvalue weighted by Gasteiger charge is -2.31. The van der Waals surface area contributed by atoms with Crippen LogP contribution in [0, 0.1) is 5.92 Å². The maximum absolute atomic E-state index is 13.2. The van der Waals surface area contributed by atoms with E-state index in [1.165, 1.54) is 32.1 Å². The molecule has 1 aromatic heterocycles. The van der Waals surface area contributed by atoms with E-state index in [4.69, 9.17) is 10.2 Å². The first kappa shape index (κ1) is 18.9. The van der Waals surface area contributed by atoms with Crippen LogP contribution in [0.1, 0.15) is 61.1 Å². The monoisotopic (exact) mass is 386 g/mol. The highest BCUT2D eigenvalue weighted by molar-refractivity contribution is 7.99. The molecular weight excluding hydrogens is 356 g/mol. The van der Waals surface area contributed by atoms with Crippen molar-refractivity contribution >= 4 is 28.6 Å². The highest BCUT2D eigenvalue weighted by Gasteiger charge is 2.28.